The first-order valence-corrected chi connectivity index (χ1v) is 8.17. The average molecular weight is 319 g/mol. The third-order valence-electron chi connectivity index (χ3n) is 3.27. The molecule has 5 nitrogen and oxygen atoms in total. The molecule has 0 saturated carbocycles. The van der Waals surface area contributed by atoms with Crippen LogP contribution in [0.25, 0.3) is 0 Å². The van der Waals surface area contributed by atoms with Crippen LogP contribution < -0.4 is 4.31 Å². The molecule has 0 heterocycles. The molecule has 0 fully saturated rings. The van der Waals surface area contributed by atoms with Crippen molar-refractivity contribution in [2.45, 2.75) is 24.8 Å². The summed E-state index contributed by atoms with van der Waals surface area (Å²) in [4.78, 5) is 11.4. The van der Waals surface area contributed by atoms with E-state index in [0.717, 1.165) is 9.87 Å². The Bertz CT molecular complexity index is 772. The van der Waals surface area contributed by atoms with Gasteiger partial charge in [-0.25, -0.2) is 13.2 Å². The summed E-state index contributed by atoms with van der Waals surface area (Å²) in [5, 5.41) is 9.29. The molecule has 0 aliphatic carbocycles. The van der Waals surface area contributed by atoms with Crippen LogP contribution in [0.5, 0.6) is 0 Å². The number of hydrogen-bond acceptors (Lipinski definition) is 3. The first-order chi connectivity index (χ1) is 10.3. The number of carboxylic acids is 1. The molecule has 22 heavy (non-hydrogen) atoms. The SMILES string of the molecule is Cc1cccc(N(C(C)C(=O)O)S(=O)(=O)c2ccccc2)c1. The zero-order valence-electron chi connectivity index (χ0n) is 12.3. The lowest BCUT2D eigenvalue weighted by atomic mass is 10.2. The van der Waals surface area contributed by atoms with Crippen LogP contribution in [0.4, 0.5) is 5.69 Å². The molecule has 0 radical (unpaired) electrons. The number of aryl methyl sites for hydroxylation is 1. The van der Waals surface area contributed by atoms with Gasteiger partial charge in [0.25, 0.3) is 10.0 Å². The highest BCUT2D eigenvalue weighted by Gasteiger charge is 2.33. The van der Waals surface area contributed by atoms with Crippen LogP contribution in [-0.4, -0.2) is 25.5 Å². The van der Waals surface area contributed by atoms with Crippen LogP contribution in [0.15, 0.2) is 59.5 Å². The maximum atomic E-state index is 12.9. The highest BCUT2D eigenvalue weighted by Crippen LogP contribution is 2.26. The quantitative estimate of drug-likeness (QED) is 0.919. The minimum absolute atomic E-state index is 0.0598. The van der Waals surface area contributed by atoms with Crippen molar-refractivity contribution >= 4 is 21.7 Å². The summed E-state index contributed by atoms with van der Waals surface area (Å²) in [6.45, 7) is 3.17. The monoisotopic (exact) mass is 319 g/mol. The fourth-order valence-electron chi connectivity index (χ4n) is 2.14. The molecule has 1 atom stereocenters. The molecule has 0 spiro atoms. The smallest absolute Gasteiger partial charge is 0.327 e. The van der Waals surface area contributed by atoms with Crippen LogP contribution in [0.3, 0.4) is 0 Å². The van der Waals surface area contributed by atoms with Crippen molar-refractivity contribution in [3.63, 3.8) is 0 Å². The second-order valence-electron chi connectivity index (χ2n) is 4.97. The minimum Gasteiger partial charge on any atom is -0.480 e. The Hall–Kier alpha value is -2.34. The number of hydrogen-bond donors (Lipinski definition) is 1. The van der Waals surface area contributed by atoms with Crippen LogP contribution in [-0.2, 0) is 14.8 Å². The van der Waals surface area contributed by atoms with Gasteiger partial charge in [-0.3, -0.25) is 4.31 Å². The molecule has 6 heteroatoms. The molecule has 0 amide bonds. The van der Waals surface area contributed by atoms with E-state index in [2.05, 4.69) is 0 Å². The Labute approximate surface area is 129 Å². The third kappa shape index (κ3) is 3.12. The number of benzene rings is 2. The van der Waals surface area contributed by atoms with Crippen molar-refractivity contribution in [3.05, 3.63) is 60.2 Å². The normalized spacial score (nSPS) is 12.6. The second-order valence-corrected chi connectivity index (χ2v) is 6.78. The highest BCUT2D eigenvalue weighted by molar-refractivity contribution is 7.92. The molecule has 1 unspecified atom stereocenters. The van der Waals surface area contributed by atoms with Gasteiger partial charge in [0.15, 0.2) is 0 Å². The van der Waals surface area contributed by atoms with E-state index in [1.54, 1.807) is 36.4 Å². The Morgan fingerprint density at radius 3 is 2.27 bits per heavy atom. The van der Waals surface area contributed by atoms with E-state index in [4.69, 9.17) is 0 Å². The Balaban J connectivity index is 2.62. The summed E-state index contributed by atoms with van der Waals surface area (Å²) >= 11 is 0. The van der Waals surface area contributed by atoms with Crippen molar-refractivity contribution < 1.29 is 18.3 Å². The predicted molar refractivity (Wildman–Crippen MR) is 84.4 cm³/mol. The van der Waals surface area contributed by atoms with Crippen molar-refractivity contribution in [1.29, 1.82) is 0 Å². The Kier molecular flexibility index (Phi) is 4.51. The highest BCUT2D eigenvalue weighted by atomic mass is 32.2. The van der Waals surface area contributed by atoms with Crippen molar-refractivity contribution in [2.24, 2.45) is 0 Å². The van der Waals surface area contributed by atoms with Gasteiger partial charge < -0.3 is 5.11 Å². The van der Waals surface area contributed by atoms with Crippen LogP contribution in [0.2, 0.25) is 0 Å². The summed E-state index contributed by atoms with van der Waals surface area (Å²) in [5.41, 5.74) is 1.18. The van der Waals surface area contributed by atoms with Crippen molar-refractivity contribution in [1.82, 2.24) is 0 Å². The third-order valence-corrected chi connectivity index (χ3v) is 5.18. The number of anilines is 1. The minimum atomic E-state index is -3.96. The number of carbonyl (C=O) groups is 1. The summed E-state index contributed by atoms with van der Waals surface area (Å²) in [6.07, 6.45) is 0. The molecule has 0 aromatic heterocycles. The molecule has 2 rings (SSSR count). The fraction of sp³-hybridized carbons (Fsp3) is 0.188. The summed E-state index contributed by atoms with van der Waals surface area (Å²) in [5.74, 6) is -1.21. The molecule has 1 N–H and O–H groups in total. The maximum Gasteiger partial charge on any atom is 0.327 e. The number of sulfonamides is 1. The first-order valence-electron chi connectivity index (χ1n) is 6.73. The van der Waals surface area contributed by atoms with E-state index < -0.39 is 22.0 Å². The van der Waals surface area contributed by atoms with Gasteiger partial charge in [0.2, 0.25) is 0 Å². The molecule has 2 aromatic carbocycles. The van der Waals surface area contributed by atoms with E-state index in [1.165, 1.54) is 19.1 Å². The second kappa shape index (κ2) is 6.19. The van der Waals surface area contributed by atoms with Gasteiger partial charge in [0.1, 0.15) is 6.04 Å². The van der Waals surface area contributed by atoms with E-state index >= 15 is 0 Å². The van der Waals surface area contributed by atoms with E-state index in [1.807, 2.05) is 13.0 Å². The molecule has 2 aromatic rings. The largest absolute Gasteiger partial charge is 0.480 e. The van der Waals surface area contributed by atoms with E-state index in [0.29, 0.717) is 5.69 Å². The summed E-state index contributed by atoms with van der Waals surface area (Å²) in [7, 11) is -3.96. The van der Waals surface area contributed by atoms with Gasteiger partial charge in [-0.2, -0.15) is 0 Å². The number of carboxylic acid groups (broad SMARTS) is 1. The van der Waals surface area contributed by atoms with E-state index in [-0.39, 0.29) is 4.90 Å². The summed E-state index contributed by atoms with van der Waals surface area (Å²) < 4.78 is 26.6. The van der Waals surface area contributed by atoms with Crippen molar-refractivity contribution in [2.75, 3.05) is 4.31 Å². The van der Waals surface area contributed by atoms with Gasteiger partial charge in [-0.15, -0.1) is 0 Å². The standard InChI is InChI=1S/C16H17NO4S/c1-12-7-6-8-14(11-12)17(13(2)16(18)19)22(20,21)15-9-4-3-5-10-15/h3-11,13H,1-2H3,(H,18,19). The maximum absolute atomic E-state index is 12.9. The Morgan fingerprint density at radius 2 is 1.73 bits per heavy atom. The van der Waals surface area contributed by atoms with Crippen LogP contribution in [0, 0.1) is 6.92 Å². The lowest BCUT2D eigenvalue weighted by Crippen LogP contribution is -2.43. The lowest BCUT2D eigenvalue weighted by molar-refractivity contribution is -0.137. The van der Waals surface area contributed by atoms with Gasteiger partial charge in [-0.1, -0.05) is 30.3 Å². The van der Waals surface area contributed by atoms with Gasteiger partial charge in [-0.05, 0) is 43.7 Å². The molecular weight excluding hydrogens is 302 g/mol. The van der Waals surface area contributed by atoms with Crippen LogP contribution in [0.1, 0.15) is 12.5 Å². The van der Waals surface area contributed by atoms with Crippen LogP contribution >= 0.6 is 0 Å². The lowest BCUT2D eigenvalue weighted by Gasteiger charge is -2.28. The number of nitrogens with zero attached hydrogens (tertiary/aromatic N) is 1. The van der Waals surface area contributed by atoms with E-state index in [9.17, 15) is 18.3 Å². The van der Waals surface area contributed by atoms with Gasteiger partial charge in [0, 0.05) is 0 Å². The molecule has 116 valence electrons. The number of rotatable bonds is 5. The summed E-state index contributed by atoms with van der Waals surface area (Å²) in [6, 6.07) is 13.4. The zero-order chi connectivity index (χ0) is 16.3. The average Bonchev–Trinajstić information content (AvgIpc) is 2.48. The van der Waals surface area contributed by atoms with Gasteiger partial charge in [0.05, 0.1) is 10.6 Å². The topological polar surface area (TPSA) is 74.7 Å². The van der Waals surface area contributed by atoms with Crippen molar-refractivity contribution in [3.8, 4) is 0 Å². The molecule has 0 saturated heterocycles. The molecular formula is C16H17NO4S. The molecule has 0 aliphatic heterocycles. The molecule has 0 bridgehead atoms. The zero-order valence-corrected chi connectivity index (χ0v) is 13.1. The Morgan fingerprint density at radius 1 is 1.09 bits per heavy atom. The fourth-order valence-corrected chi connectivity index (χ4v) is 3.77. The van der Waals surface area contributed by atoms with Gasteiger partial charge >= 0.3 is 5.97 Å². The first kappa shape index (κ1) is 16.0. The predicted octanol–water partition coefficient (Wildman–Crippen LogP) is 2.66. The number of aliphatic carboxylic acids is 1. The molecule has 0 aliphatic rings.